The van der Waals surface area contributed by atoms with Crippen LogP contribution in [0.4, 0.5) is 4.79 Å². The Labute approximate surface area is 138 Å². The van der Waals surface area contributed by atoms with Crippen LogP contribution in [0.15, 0.2) is 30.3 Å². The topological polar surface area (TPSA) is 64.8 Å². The normalized spacial score (nSPS) is 19.5. The van der Waals surface area contributed by atoms with Crippen LogP contribution >= 0.6 is 0 Å². The van der Waals surface area contributed by atoms with Crippen molar-refractivity contribution in [1.29, 1.82) is 0 Å². The predicted molar refractivity (Wildman–Crippen MR) is 90.1 cm³/mol. The monoisotopic (exact) mass is 320 g/mol. The summed E-state index contributed by atoms with van der Waals surface area (Å²) >= 11 is 0. The van der Waals surface area contributed by atoms with E-state index in [-0.39, 0.29) is 18.1 Å². The highest BCUT2D eigenvalue weighted by molar-refractivity contribution is 5.72. The second kappa shape index (κ2) is 9.53. The minimum absolute atomic E-state index is 0.0000217. The van der Waals surface area contributed by atoms with Crippen molar-refractivity contribution >= 4 is 6.03 Å². The number of nitrogens with zero attached hydrogens (tertiary/aromatic N) is 1. The van der Waals surface area contributed by atoms with Gasteiger partial charge in [0.05, 0.1) is 6.10 Å². The van der Waals surface area contributed by atoms with Gasteiger partial charge < -0.3 is 20.1 Å². The molecule has 0 radical (unpaired) electrons. The number of rotatable bonds is 8. The summed E-state index contributed by atoms with van der Waals surface area (Å²) in [6.45, 7) is 5.52. The zero-order chi connectivity index (χ0) is 16.5. The van der Waals surface area contributed by atoms with Crippen molar-refractivity contribution in [1.82, 2.24) is 4.90 Å². The summed E-state index contributed by atoms with van der Waals surface area (Å²) in [5, 5.41) is 0. The van der Waals surface area contributed by atoms with Crippen LogP contribution in [-0.2, 0) is 9.47 Å². The van der Waals surface area contributed by atoms with Crippen molar-refractivity contribution in [3.05, 3.63) is 35.9 Å². The van der Waals surface area contributed by atoms with E-state index in [0.717, 1.165) is 39.0 Å². The van der Waals surface area contributed by atoms with Gasteiger partial charge in [0, 0.05) is 38.8 Å². The predicted octanol–water partition coefficient (Wildman–Crippen LogP) is 2.96. The lowest BCUT2D eigenvalue weighted by Gasteiger charge is -2.36. The molecule has 5 heteroatoms. The number of nitrogens with two attached hydrogens (primary N) is 1. The molecule has 0 bridgehead atoms. The molecule has 1 aliphatic heterocycles. The maximum atomic E-state index is 11.5. The Kier molecular flexibility index (Phi) is 7.36. The molecule has 0 saturated carbocycles. The van der Waals surface area contributed by atoms with Crippen LogP contribution in [0.5, 0.6) is 0 Å². The van der Waals surface area contributed by atoms with Gasteiger partial charge in [0.25, 0.3) is 0 Å². The van der Waals surface area contributed by atoms with Crippen molar-refractivity contribution in [2.24, 2.45) is 11.7 Å². The first-order valence-corrected chi connectivity index (χ1v) is 8.51. The number of carbonyl (C=O) groups excluding carboxylic acids is 1. The van der Waals surface area contributed by atoms with Gasteiger partial charge in [0.1, 0.15) is 0 Å². The number of ether oxygens (including phenoxy) is 2. The summed E-state index contributed by atoms with van der Waals surface area (Å²) in [6, 6.07) is 9.91. The highest BCUT2D eigenvalue weighted by Crippen LogP contribution is 2.32. The second-order valence-electron chi connectivity index (χ2n) is 5.94. The van der Waals surface area contributed by atoms with Crippen LogP contribution in [-0.4, -0.2) is 43.8 Å². The summed E-state index contributed by atoms with van der Waals surface area (Å²) in [5.41, 5.74) is 6.62. The fourth-order valence-corrected chi connectivity index (χ4v) is 3.12. The van der Waals surface area contributed by atoms with E-state index in [1.54, 1.807) is 4.90 Å². The highest BCUT2D eigenvalue weighted by Gasteiger charge is 2.30. The van der Waals surface area contributed by atoms with Gasteiger partial charge >= 0.3 is 6.03 Å². The summed E-state index contributed by atoms with van der Waals surface area (Å²) < 4.78 is 11.5. The maximum Gasteiger partial charge on any atom is 0.314 e. The summed E-state index contributed by atoms with van der Waals surface area (Å²) in [4.78, 5) is 13.2. The maximum absolute atomic E-state index is 11.5. The molecule has 128 valence electrons. The Morgan fingerprint density at radius 3 is 2.83 bits per heavy atom. The number of piperidine rings is 1. The molecule has 1 heterocycles. The van der Waals surface area contributed by atoms with Crippen molar-refractivity contribution in [2.75, 3.05) is 32.9 Å². The number of amides is 2. The van der Waals surface area contributed by atoms with E-state index in [1.165, 1.54) is 5.56 Å². The average molecular weight is 320 g/mol. The van der Waals surface area contributed by atoms with Crippen LogP contribution in [0.2, 0.25) is 0 Å². The molecule has 1 fully saturated rings. The van der Waals surface area contributed by atoms with E-state index in [9.17, 15) is 4.79 Å². The lowest BCUT2D eigenvalue weighted by atomic mass is 9.88. The van der Waals surface area contributed by atoms with Gasteiger partial charge in [-0.25, -0.2) is 4.79 Å². The van der Waals surface area contributed by atoms with Crippen LogP contribution in [0, 0.1) is 5.92 Å². The number of hydrogen-bond donors (Lipinski definition) is 1. The fourth-order valence-electron chi connectivity index (χ4n) is 3.12. The molecule has 2 atom stereocenters. The number of benzene rings is 1. The van der Waals surface area contributed by atoms with Crippen molar-refractivity contribution in [2.45, 2.75) is 32.3 Å². The van der Waals surface area contributed by atoms with Gasteiger partial charge in [-0.2, -0.15) is 0 Å². The average Bonchev–Trinajstić information content (AvgIpc) is 2.59. The number of urea groups is 1. The summed E-state index contributed by atoms with van der Waals surface area (Å²) in [7, 11) is 0. The SMILES string of the molecule is CCOCCCO[C@@H](c1ccccc1)[C@@H]1CCCN(C(N)=O)C1. The minimum Gasteiger partial charge on any atom is -0.382 e. The molecule has 2 N–H and O–H groups in total. The van der Waals surface area contributed by atoms with Gasteiger partial charge in [0.15, 0.2) is 0 Å². The van der Waals surface area contributed by atoms with Gasteiger partial charge in [-0.1, -0.05) is 30.3 Å². The third-order valence-electron chi connectivity index (χ3n) is 4.26. The Balaban J connectivity index is 1.99. The van der Waals surface area contributed by atoms with Gasteiger partial charge in [-0.05, 0) is 31.7 Å². The van der Waals surface area contributed by atoms with E-state index in [1.807, 2.05) is 25.1 Å². The number of carbonyl (C=O) groups is 1. The van der Waals surface area contributed by atoms with Crippen LogP contribution in [0.3, 0.4) is 0 Å². The quantitative estimate of drug-likeness (QED) is 0.749. The molecule has 0 unspecified atom stereocenters. The molecule has 5 nitrogen and oxygen atoms in total. The highest BCUT2D eigenvalue weighted by atomic mass is 16.5. The summed E-state index contributed by atoms with van der Waals surface area (Å²) in [6.07, 6.45) is 2.90. The first-order valence-electron chi connectivity index (χ1n) is 8.51. The smallest absolute Gasteiger partial charge is 0.314 e. The Hall–Kier alpha value is -1.59. The van der Waals surface area contributed by atoms with E-state index in [0.29, 0.717) is 13.2 Å². The Morgan fingerprint density at radius 1 is 1.35 bits per heavy atom. The standard InChI is InChI=1S/C18H28N2O3/c1-2-22-12-7-13-23-17(15-8-4-3-5-9-15)16-10-6-11-20(14-16)18(19)21/h3-5,8-9,16-17H,2,6-7,10-14H2,1H3,(H2,19,21)/t16-,17+/m1/s1. The minimum atomic E-state index is -0.335. The lowest BCUT2D eigenvalue weighted by Crippen LogP contribution is -2.44. The van der Waals surface area contributed by atoms with Crippen LogP contribution < -0.4 is 5.73 Å². The van der Waals surface area contributed by atoms with Gasteiger partial charge in [-0.15, -0.1) is 0 Å². The fraction of sp³-hybridized carbons (Fsp3) is 0.611. The molecule has 1 aromatic rings. The molecule has 0 aliphatic carbocycles. The molecular formula is C18H28N2O3. The van der Waals surface area contributed by atoms with Crippen molar-refractivity contribution in [3.63, 3.8) is 0 Å². The van der Waals surface area contributed by atoms with Crippen LogP contribution in [0.25, 0.3) is 0 Å². The van der Waals surface area contributed by atoms with E-state index in [2.05, 4.69) is 12.1 Å². The third kappa shape index (κ3) is 5.52. The molecular weight excluding hydrogens is 292 g/mol. The van der Waals surface area contributed by atoms with Gasteiger partial charge in [-0.3, -0.25) is 0 Å². The number of likely N-dealkylation sites (tertiary alicyclic amines) is 1. The molecule has 1 saturated heterocycles. The van der Waals surface area contributed by atoms with Crippen molar-refractivity contribution in [3.8, 4) is 0 Å². The number of hydrogen-bond acceptors (Lipinski definition) is 3. The largest absolute Gasteiger partial charge is 0.382 e. The second-order valence-corrected chi connectivity index (χ2v) is 5.94. The van der Waals surface area contributed by atoms with Crippen LogP contribution in [0.1, 0.15) is 37.9 Å². The molecule has 1 aromatic carbocycles. The Bertz CT molecular complexity index is 467. The van der Waals surface area contributed by atoms with Crippen molar-refractivity contribution < 1.29 is 14.3 Å². The van der Waals surface area contributed by atoms with E-state index >= 15 is 0 Å². The molecule has 2 rings (SSSR count). The molecule has 1 aliphatic rings. The lowest BCUT2D eigenvalue weighted by molar-refractivity contribution is -0.0179. The van der Waals surface area contributed by atoms with E-state index < -0.39 is 0 Å². The van der Waals surface area contributed by atoms with E-state index in [4.69, 9.17) is 15.2 Å². The number of primary amides is 1. The zero-order valence-electron chi connectivity index (χ0n) is 13.9. The Morgan fingerprint density at radius 2 is 2.13 bits per heavy atom. The first-order chi connectivity index (χ1) is 11.2. The summed E-state index contributed by atoms with van der Waals surface area (Å²) in [5.74, 6) is 0.283. The molecule has 0 spiro atoms. The molecule has 23 heavy (non-hydrogen) atoms. The third-order valence-corrected chi connectivity index (χ3v) is 4.26. The zero-order valence-corrected chi connectivity index (χ0v) is 13.9. The molecule has 2 amide bonds. The van der Waals surface area contributed by atoms with Gasteiger partial charge in [0.2, 0.25) is 0 Å². The first kappa shape index (κ1) is 17.8. The molecule has 0 aromatic heterocycles.